The van der Waals surface area contributed by atoms with Gasteiger partial charge in [0.15, 0.2) is 0 Å². The van der Waals surface area contributed by atoms with Gasteiger partial charge in [-0.05, 0) is 36.1 Å². The molecule has 1 unspecified atom stereocenters. The summed E-state index contributed by atoms with van der Waals surface area (Å²) in [6.07, 6.45) is 4.90. The van der Waals surface area contributed by atoms with Gasteiger partial charge in [-0.1, -0.05) is 12.1 Å². The number of hydrogen-bond donors (Lipinski definition) is 1. The predicted octanol–water partition coefficient (Wildman–Crippen LogP) is 3.34. The molecule has 0 saturated carbocycles. The first kappa shape index (κ1) is 15.1. The van der Waals surface area contributed by atoms with Gasteiger partial charge >= 0.3 is 5.97 Å². The van der Waals surface area contributed by atoms with Gasteiger partial charge in [-0.15, -0.1) is 0 Å². The Morgan fingerprint density at radius 1 is 1.55 bits per heavy atom. The third-order valence-electron chi connectivity index (χ3n) is 3.08. The predicted molar refractivity (Wildman–Crippen MR) is 78.2 cm³/mol. The lowest BCUT2D eigenvalue weighted by atomic mass is 10.1. The van der Waals surface area contributed by atoms with Gasteiger partial charge in [0, 0.05) is 24.2 Å². The number of carboxylic acids is 1. The number of thioether (sulfide) groups is 1. The van der Waals surface area contributed by atoms with Gasteiger partial charge in [0.2, 0.25) is 0 Å². The smallest absolute Gasteiger partial charge is 0.328 e. The second-order valence-electron chi connectivity index (χ2n) is 4.67. The molecule has 0 radical (unpaired) electrons. The van der Waals surface area contributed by atoms with Crippen molar-refractivity contribution >= 4 is 23.8 Å². The topological polar surface area (TPSA) is 46.5 Å². The van der Waals surface area contributed by atoms with E-state index in [0.29, 0.717) is 23.0 Å². The maximum absolute atomic E-state index is 13.8. The van der Waals surface area contributed by atoms with Crippen molar-refractivity contribution in [3.63, 3.8) is 0 Å². The summed E-state index contributed by atoms with van der Waals surface area (Å²) in [5.41, 5.74) is 1.19. The van der Waals surface area contributed by atoms with Crippen LogP contribution in [0.4, 0.5) is 4.39 Å². The minimum atomic E-state index is -1.04. The van der Waals surface area contributed by atoms with Gasteiger partial charge in [-0.2, -0.15) is 11.8 Å². The third-order valence-corrected chi connectivity index (χ3v) is 4.20. The minimum absolute atomic E-state index is 0.294. The monoisotopic (exact) mass is 296 g/mol. The van der Waals surface area contributed by atoms with E-state index in [-0.39, 0.29) is 5.82 Å². The highest BCUT2D eigenvalue weighted by Crippen LogP contribution is 2.22. The standard InChI is InChI=1S/C15H17FO3S/c16-14-8-11(4-6-15(17)18)3-5-12(14)9-20-10-13-2-1-7-19-13/h3-6,8,13H,1-2,7,9-10H2,(H,17,18)/b6-4+. The maximum Gasteiger partial charge on any atom is 0.328 e. The van der Waals surface area contributed by atoms with E-state index in [0.717, 1.165) is 31.3 Å². The van der Waals surface area contributed by atoms with Gasteiger partial charge in [0.25, 0.3) is 0 Å². The normalized spacial score (nSPS) is 18.8. The van der Waals surface area contributed by atoms with Crippen LogP contribution in [0.25, 0.3) is 6.08 Å². The van der Waals surface area contributed by atoms with Crippen LogP contribution < -0.4 is 0 Å². The molecule has 20 heavy (non-hydrogen) atoms. The third kappa shape index (κ3) is 4.65. The number of carboxylic acid groups (broad SMARTS) is 1. The zero-order valence-electron chi connectivity index (χ0n) is 11.0. The molecule has 0 aliphatic carbocycles. The SMILES string of the molecule is O=C(O)/C=C/c1ccc(CSCC2CCCO2)c(F)c1. The molecule has 0 aromatic heterocycles. The van der Waals surface area contributed by atoms with E-state index >= 15 is 0 Å². The van der Waals surface area contributed by atoms with E-state index in [1.807, 2.05) is 0 Å². The Balaban J connectivity index is 1.86. The van der Waals surface area contributed by atoms with Crippen molar-refractivity contribution in [1.82, 2.24) is 0 Å². The van der Waals surface area contributed by atoms with Gasteiger partial charge in [-0.25, -0.2) is 9.18 Å². The van der Waals surface area contributed by atoms with Crippen LogP contribution in [0.15, 0.2) is 24.3 Å². The highest BCUT2D eigenvalue weighted by molar-refractivity contribution is 7.98. The van der Waals surface area contributed by atoms with Crippen LogP contribution in [0.1, 0.15) is 24.0 Å². The highest BCUT2D eigenvalue weighted by atomic mass is 32.2. The summed E-state index contributed by atoms with van der Waals surface area (Å²) in [6.45, 7) is 0.837. The molecule has 1 aromatic rings. The Bertz CT molecular complexity index is 496. The molecule has 0 spiro atoms. The Hall–Kier alpha value is -1.33. The molecule has 1 N–H and O–H groups in total. The fourth-order valence-corrected chi connectivity index (χ4v) is 3.13. The summed E-state index contributed by atoms with van der Waals surface area (Å²) in [6, 6.07) is 4.80. The van der Waals surface area contributed by atoms with Crippen molar-refractivity contribution in [3.8, 4) is 0 Å². The molecule has 1 aromatic carbocycles. The minimum Gasteiger partial charge on any atom is -0.478 e. The zero-order chi connectivity index (χ0) is 14.4. The molecule has 1 aliphatic rings. The van der Waals surface area contributed by atoms with Crippen molar-refractivity contribution in [2.24, 2.45) is 0 Å². The summed E-state index contributed by atoms with van der Waals surface area (Å²) >= 11 is 1.66. The van der Waals surface area contributed by atoms with Gasteiger partial charge < -0.3 is 9.84 Å². The molecule has 0 bridgehead atoms. The van der Waals surface area contributed by atoms with E-state index in [1.54, 1.807) is 23.9 Å². The lowest BCUT2D eigenvalue weighted by Crippen LogP contribution is -2.08. The molecule has 1 atom stereocenters. The first-order valence-electron chi connectivity index (χ1n) is 6.54. The Morgan fingerprint density at radius 3 is 3.05 bits per heavy atom. The van der Waals surface area contributed by atoms with Crippen LogP contribution in [-0.4, -0.2) is 29.5 Å². The molecule has 1 fully saturated rings. The van der Waals surface area contributed by atoms with E-state index in [1.165, 1.54) is 12.1 Å². The average molecular weight is 296 g/mol. The summed E-state index contributed by atoms with van der Waals surface area (Å²) < 4.78 is 19.4. The molecular formula is C15H17FO3S. The zero-order valence-corrected chi connectivity index (χ0v) is 11.9. The fourth-order valence-electron chi connectivity index (χ4n) is 2.03. The van der Waals surface area contributed by atoms with Crippen molar-refractivity contribution in [2.45, 2.75) is 24.7 Å². The van der Waals surface area contributed by atoms with Gasteiger partial charge in [0.05, 0.1) is 6.10 Å². The molecule has 2 rings (SSSR count). The first-order chi connectivity index (χ1) is 9.65. The number of rotatable bonds is 6. The van der Waals surface area contributed by atoms with Gasteiger partial charge in [-0.3, -0.25) is 0 Å². The summed E-state index contributed by atoms with van der Waals surface area (Å²) in [5.74, 6) is 0.160. The van der Waals surface area contributed by atoms with Crippen LogP contribution in [-0.2, 0) is 15.3 Å². The molecule has 3 nitrogen and oxygen atoms in total. The number of benzene rings is 1. The van der Waals surface area contributed by atoms with Crippen molar-refractivity contribution in [1.29, 1.82) is 0 Å². The molecule has 1 heterocycles. The summed E-state index contributed by atoms with van der Waals surface area (Å²) in [4.78, 5) is 10.4. The first-order valence-corrected chi connectivity index (χ1v) is 7.69. The molecule has 0 amide bonds. The van der Waals surface area contributed by atoms with E-state index in [2.05, 4.69) is 0 Å². The summed E-state index contributed by atoms with van der Waals surface area (Å²) in [5, 5.41) is 8.52. The molecule has 1 aliphatic heterocycles. The summed E-state index contributed by atoms with van der Waals surface area (Å²) in [7, 11) is 0. The van der Waals surface area contributed by atoms with Crippen LogP contribution in [0.3, 0.4) is 0 Å². The second-order valence-corrected chi connectivity index (χ2v) is 5.70. The number of hydrogen-bond acceptors (Lipinski definition) is 3. The maximum atomic E-state index is 13.8. The van der Waals surface area contributed by atoms with Crippen LogP contribution >= 0.6 is 11.8 Å². The van der Waals surface area contributed by atoms with Crippen LogP contribution in [0.2, 0.25) is 0 Å². The molecule has 108 valence electrons. The van der Waals surface area contributed by atoms with Crippen molar-refractivity contribution < 1.29 is 19.0 Å². The van der Waals surface area contributed by atoms with Crippen LogP contribution in [0.5, 0.6) is 0 Å². The molecule has 1 saturated heterocycles. The lowest BCUT2D eigenvalue weighted by molar-refractivity contribution is -0.131. The number of halogens is 1. The number of carbonyl (C=O) groups is 1. The van der Waals surface area contributed by atoms with E-state index < -0.39 is 5.97 Å². The fraction of sp³-hybridized carbons (Fsp3) is 0.400. The largest absolute Gasteiger partial charge is 0.478 e. The molecular weight excluding hydrogens is 279 g/mol. The quantitative estimate of drug-likeness (QED) is 0.818. The Labute approximate surface area is 121 Å². The second kappa shape index (κ2) is 7.45. The molecule has 5 heteroatoms. The van der Waals surface area contributed by atoms with Crippen molar-refractivity contribution in [3.05, 3.63) is 41.2 Å². The number of ether oxygens (including phenoxy) is 1. The van der Waals surface area contributed by atoms with Crippen LogP contribution in [0, 0.1) is 5.82 Å². The Morgan fingerprint density at radius 2 is 2.40 bits per heavy atom. The lowest BCUT2D eigenvalue weighted by Gasteiger charge is -2.09. The highest BCUT2D eigenvalue weighted by Gasteiger charge is 2.15. The van der Waals surface area contributed by atoms with Gasteiger partial charge in [0.1, 0.15) is 5.82 Å². The average Bonchev–Trinajstić information content (AvgIpc) is 2.92. The van der Waals surface area contributed by atoms with E-state index in [4.69, 9.17) is 9.84 Å². The van der Waals surface area contributed by atoms with E-state index in [9.17, 15) is 9.18 Å². The Kier molecular flexibility index (Phi) is 5.61. The van der Waals surface area contributed by atoms with Crippen molar-refractivity contribution in [2.75, 3.05) is 12.4 Å². The number of aliphatic carboxylic acids is 1.